The van der Waals surface area contributed by atoms with Gasteiger partial charge < -0.3 is 9.72 Å². The van der Waals surface area contributed by atoms with E-state index in [1.165, 1.54) is 0 Å². The van der Waals surface area contributed by atoms with E-state index in [9.17, 15) is 9.59 Å². The zero-order chi connectivity index (χ0) is 21.2. The molecule has 1 atom stereocenters. The van der Waals surface area contributed by atoms with E-state index in [1.54, 1.807) is 36.7 Å². The molecule has 0 saturated heterocycles. The molecule has 1 aliphatic carbocycles. The molecule has 31 heavy (non-hydrogen) atoms. The number of aromatic amines is 1. The van der Waals surface area contributed by atoms with E-state index in [0.717, 1.165) is 30.3 Å². The number of para-hydroxylation sites is 2. The van der Waals surface area contributed by atoms with Crippen LogP contribution in [0.3, 0.4) is 0 Å². The molecule has 0 amide bonds. The quantitative estimate of drug-likeness (QED) is 0.481. The maximum atomic E-state index is 12.8. The van der Waals surface area contributed by atoms with E-state index in [-0.39, 0.29) is 17.5 Å². The number of carbonyl (C=O) groups is 2. The monoisotopic (exact) mass is 412 g/mol. The lowest BCUT2D eigenvalue weighted by Crippen LogP contribution is -2.19. The van der Waals surface area contributed by atoms with Crippen LogP contribution in [0, 0.1) is 0 Å². The van der Waals surface area contributed by atoms with Crippen LogP contribution >= 0.6 is 0 Å². The number of aromatic nitrogens is 4. The molecule has 1 fully saturated rings. The first-order valence-electron chi connectivity index (χ1n) is 10.3. The fourth-order valence-corrected chi connectivity index (χ4v) is 3.91. The van der Waals surface area contributed by atoms with Crippen LogP contribution in [0.15, 0.2) is 60.9 Å². The van der Waals surface area contributed by atoms with Gasteiger partial charge in [-0.1, -0.05) is 18.6 Å². The Morgan fingerprint density at radius 1 is 1.00 bits per heavy atom. The van der Waals surface area contributed by atoms with Crippen molar-refractivity contribution in [3.8, 4) is 11.6 Å². The highest BCUT2D eigenvalue weighted by molar-refractivity contribution is 6.08. The number of H-pyrrole nitrogens is 1. The SMILES string of the molecule is O=C(c1ccc(Oc2nccnc2C2CCCCC2=O)cc1)c1nc2ccccc2[nH]1. The van der Waals surface area contributed by atoms with Gasteiger partial charge in [-0.2, -0.15) is 0 Å². The molecule has 5 rings (SSSR count). The second-order valence-electron chi connectivity index (χ2n) is 7.57. The summed E-state index contributed by atoms with van der Waals surface area (Å²) < 4.78 is 5.94. The number of Topliss-reactive ketones (excluding diaryl/α,β-unsaturated/α-hetero) is 1. The molecule has 154 valence electrons. The van der Waals surface area contributed by atoms with Gasteiger partial charge in [0.15, 0.2) is 5.82 Å². The van der Waals surface area contributed by atoms with E-state index < -0.39 is 0 Å². The van der Waals surface area contributed by atoms with Crippen LogP contribution in [-0.4, -0.2) is 31.5 Å². The molecule has 0 aliphatic heterocycles. The minimum absolute atomic E-state index is 0.184. The molecule has 2 heterocycles. The first-order chi connectivity index (χ1) is 15.2. The fourth-order valence-electron chi connectivity index (χ4n) is 3.91. The smallest absolute Gasteiger partial charge is 0.241 e. The minimum atomic E-state index is -0.272. The lowest BCUT2D eigenvalue weighted by atomic mass is 9.85. The van der Waals surface area contributed by atoms with Gasteiger partial charge in [0, 0.05) is 24.4 Å². The number of ketones is 2. The fraction of sp³-hybridized carbons (Fsp3) is 0.208. The Balaban J connectivity index is 1.36. The van der Waals surface area contributed by atoms with Crippen molar-refractivity contribution >= 4 is 22.6 Å². The second-order valence-corrected chi connectivity index (χ2v) is 7.57. The summed E-state index contributed by atoms with van der Waals surface area (Å²) in [5, 5.41) is 0. The Bertz CT molecular complexity index is 1230. The number of hydrogen-bond donors (Lipinski definition) is 1. The van der Waals surface area contributed by atoms with Crippen molar-refractivity contribution in [2.24, 2.45) is 0 Å². The standard InChI is InChI=1S/C24H20N4O3/c29-20-8-4-1-5-17(20)21-24(26-14-13-25-21)31-16-11-9-15(10-12-16)22(30)23-27-18-6-2-3-7-19(18)28-23/h2-3,6-7,9-14,17H,1,4-5,8H2,(H,27,28). The molecule has 1 aliphatic rings. The third kappa shape index (κ3) is 3.82. The van der Waals surface area contributed by atoms with Crippen LogP contribution in [0.2, 0.25) is 0 Å². The van der Waals surface area contributed by atoms with Crippen molar-refractivity contribution in [3.05, 3.63) is 78.0 Å². The number of hydrogen-bond acceptors (Lipinski definition) is 6. The van der Waals surface area contributed by atoms with E-state index in [4.69, 9.17) is 4.74 Å². The lowest BCUT2D eigenvalue weighted by Gasteiger charge is -2.21. The van der Waals surface area contributed by atoms with Gasteiger partial charge in [-0.3, -0.25) is 14.6 Å². The normalized spacial score (nSPS) is 16.4. The summed E-state index contributed by atoms with van der Waals surface area (Å²) in [5.41, 5.74) is 2.64. The summed E-state index contributed by atoms with van der Waals surface area (Å²) >= 11 is 0. The third-order valence-corrected chi connectivity index (χ3v) is 5.51. The third-order valence-electron chi connectivity index (χ3n) is 5.51. The number of imidazole rings is 1. The van der Waals surface area contributed by atoms with E-state index in [0.29, 0.717) is 35.1 Å². The van der Waals surface area contributed by atoms with Gasteiger partial charge in [0.1, 0.15) is 17.2 Å². The lowest BCUT2D eigenvalue weighted by molar-refractivity contribution is -0.122. The van der Waals surface area contributed by atoms with Gasteiger partial charge >= 0.3 is 0 Å². The van der Waals surface area contributed by atoms with Gasteiger partial charge in [-0.25, -0.2) is 9.97 Å². The zero-order valence-electron chi connectivity index (χ0n) is 16.7. The number of nitrogens with one attached hydrogen (secondary N) is 1. The van der Waals surface area contributed by atoms with Crippen molar-refractivity contribution in [1.82, 2.24) is 19.9 Å². The molecule has 4 aromatic rings. The predicted molar refractivity (Wildman–Crippen MR) is 114 cm³/mol. The molecule has 0 radical (unpaired) electrons. The molecular weight excluding hydrogens is 392 g/mol. The highest BCUT2D eigenvalue weighted by Gasteiger charge is 2.28. The molecule has 2 aromatic carbocycles. The number of rotatable bonds is 5. The largest absolute Gasteiger partial charge is 0.437 e. The molecular formula is C24H20N4O3. The van der Waals surface area contributed by atoms with E-state index in [1.807, 2.05) is 24.3 Å². The highest BCUT2D eigenvalue weighted by atomic mass is 16.5. The Morgan fingerprint density at radius 2 is 1.81 bits per heavy atom. The van der Waals surface area contributed by atoms with Crippen LogP contribution in [0.1, 0.15) is 53.5 Å². The molecule has 2 aromatic heterocycles. The Labute approximate surface area is 178 Å². The van der Waals surface area contributed by atoms with Gasteiger partial charge in [-0.15, -0.1) is 0 Å². The van der Waals surface area contributed by atoms with Crippen LogP contribution < -0.4 is 4.74 Å². The maximum absolute atomic E-state index is 12.8. The molecule has 7 heteroatoms. The molecule has 7 nitrogen and oxygen atoms in total. The summed E-state index contributed by atoms with van der Waals surface area (Å²) in [5.74, 6) is 0.859. The summed E-state index contributed by atoms with van der Waals surface area (Å²) in [7, 11) is 0. The van der Waals surface area contributed by atoms with Crippen molar-refractivity contribution in [3.63, 3.8) is 0 Å². The van der Waals surface area contributed by atoms with Gasteiger partial charge in [-0.05, 0) is 49.2 Å². The second kappa shape index (κ2) is 8.10. The number of nitrogens with zero attached hydrogens (tertiary/aromatic N) is 3. The number of benzene rings is 2. The van der Waals surface area contributed by atoms with Crippen molar-refractivity contribution in [2.45, 2.75) is 31.6 Å². The summed E-state index contributed by atoms with van der Waals surface area (Å²) in [6.07, 6.45) is 6.38. The van der Waals surface area contributed by atoms with Crippen LogP contribution in [0.5, 0.6) is 11.6 Å². The summed E-state index contributed by atoms with van der Waals surface area (Å²) in [6.45, 7) is 0. The van der Waals surface area contributed by atoms with Gasteiger partial charge in [0.05, 0.1) is 17.0 Å². The first kappa shape index (κ1) is 19.1. The number of carbonyl (C=O) groups excluding carboxylic acids is 2. The highest BCUT2D eigenvalue weighted by Crippen LogP contribution is 2.34. The van der Waals surface area contributed by atoms with E-state index >= 15 is 0 Å². The Kier molecular flexibility index (Phi) is 5.00. The van der Waals surface area contributed by atoms with Crippen LogP contribution in [-0.2, 0) is 4.79 Å². The van der Waals surface area contributed by atoms with Gasteiger partial charge in [0.25, 0.3) is 0 Å². The van der Waals surface area contributed by atoms with Crippen LogP contribution in [0.4, 0.5) is 0 Å². The molecule has 1 unspecified atom stereocenters. The topological polar surface area (TPSA) is 97.8 Å². The number of ether oxygens (including phenoxy) is 1. The van der Waals surface area contributed by atoms with Gasteiger partial charge in [0.2, 0.25) is 11.7 Å². The van der Waals surface area contributed by atoms with E-state index in [2.05, 4.69) is 19.9 Å². The number of fused-ring (bicyclic) bond motifs is 1. The first-order valence-corrected chi connectivity index (χ1v) is 10.3. The maximum Gasteiger partial charge on any atom is 0.241 e. The van der Waals surface area contributed by atoms with Crippen LogP contribution in [0.25, 0.3) is 11.0 Å². The summed E-state index contributed by atoms with van der Waals surface area (Å²) in [6, 6.07) is 14.3. The van der Waals surface area contributed by atoms with Crippen molar-refractivity contribution < 1.29 is 14.3 Å². The molecule has 0 spiro atoms. The molecule has 0 bridgehead atoms. The average molecular weight is 412 g/mol. The molecule has 1 saturated carbocycles. The average Bonchev–Trinajstić information content (AvgIpc) is 3.24. The Morgan fingerprint density at radius 3 is 2.61 bits per heavy atom. The predicted octanol–water partition coefficient (Wildman–Crippen LogP) is 4.60. The van der Waals surface area contributed by atoms with Crippen molar-refractivity contribution in [1.29, 1.82) is 0 Å². The minimum Gasteiger partial charge on any atom is -0.437 e. The zero-order valence-corrected chi connectivity index (χ0v) is 16.7. The Hall–Kier alpha value is -3.87. The van der Waals surface area contributed by atoms with Crippen molar-refractivity contribution in [2.75, 3.05) is 0 Å². The summed E-state index contributed by atoms with van der Waals surface area (Å²) in [4.78, 5) is 41.2. The molecule has 1 N–H and O–H groups in total.